The van der Waals surface area contributed by atoms with Crippen LogP contribution in [0.3, 0.4) is 0 Å². The van der Waals surface area contributed by atoms with Crippen molar-refractivity contribution < 1.29 is 9.47 Å². The van der Waals surface area contributed by atoms with Crippen LogP contribution in [0, 0.1) is 0 Å². The van der Waals surface area contributed by atoms with E-state index in [-0.39, 0.29) is 12.2 Å². The molecule has 0 fully saturated rings. The number of aromatic amines is 1. The molecule has 0 aliphatic carbocycles. The van der Waals surface area contributed by atoms with Crippen molar-refractivity contribution in [1.29, 1.82) is 0 Å². The molecule has 23 heavy (non-hydrogen) atoms. The molecule has 3 rings (SSSR count). The highest BCUT2D eigenvalue weighted by molar-refractivity contribution is 5.79. The molecule has 1 aromatic heterocycles. The summed E-state index contributed by atoms with van der Waals surface area (Å²) in [4.78, 5) is 8.01. The van der Waals surface area contributed by atoms with E-state index >= 15 is 0 Å². The van der Waals surface area contributed by atoms with E-state index in [1.54, 1.807) is 0 Å². The number of imidazole rings is 1. The number of rotatable bonds is 5. The molecule has 0 amide bonds. The molecule has 3 aromatic rings. The second-order valence-corrected chi connectivity index (χ2v) is 6.13. The van der Waals surface area contributed by atoms with Crippen molar-refractivity contribution in [3.63, 3.8) is 0 Å². The zero-order chi connectivity index (χ0) is 16.4. The van der Waals surface area contributed by atoms with Gasteiger partial charge in [0, 0.05) is 11.6 Å². The minimum Gasteiger partial charge on any atom is -0.491 e. The fraction of sp³-hybridized carbons (Fsp3) is 0.316. The lowest BCUT2D eigenvalue weighted by atomic mass is 10.2. The van der Waals surface area contributed by atoms with Crippen molar-refractivity contribution in [3.05, 3.63) is 42.5 Å². The van der Waals surface area contributed by atoms with Crippen LogP contribution in [0.2, 0.25) is 0 Å². The number of nitrogens with one attached hydrogen (secondary N) is 1. The van der Waals surface area contributed by atoms with Crippen molar-refractivity contribution in [2.75, 3.05) is 0 Å². The van der Waals surface area contributed by atoms with Crippen molar-refractivity contribution in [1.82, 2.24) is 9.97 Å². The summed E-state index contributed by atoms with van der Waals surface area (Å²) < 4.78 is 11.7. The summed E-state index contributed by atoms with van der Waals surface area (Å²) in [6, 6.07) is 13.9. The summed E-state index contributed by atoms with van der Waals surface area (Å²) in [5, 5.41) is 0. The molecule has 2 aromatic carbocycles. The smallest absolute Gasteiger partial charge is 0.138 e. The number of hydrogen-bond donors (Lipinski definition) is 1. The monoisotopic (exact) mass is 310 g/mol. The van der Waals surface area contributed by atoms with Gasteiger partial charge in [-0.1, -0.05) is 12.1 Å². The van der Waals surface area contributed by atoms with E-state index in [9.17, 15) is 0 Å². The van der Waals surface area contributed by atoms with Gasteiger partial charge in [0.2, 0.25) is 0 Å². The summed E-state index contributed by atoms with van der Waals surface area (Å²) in [6.07, 6.45) is 0.209. The molecule has 1 N–H and O–H groups in total. The van der Waals surface area contributed by atoms with Gasteiger partial charge in [-0.05, 0) is 52.0 Å². The Morgan fingerprint density at radius 3 is 2.04 bits per heavy atom. The standard InChI is InChI=1S/C19H22N2O2/c1-12(2)22-15-9-14(10-16(11-15)23-13(3)4)19-20-17-7-5-6-8-18(17)21-19/h5-13H,1-4H3,(H,20,21). The molecule has 0 radical (unpaired) electrons. The molecule has 4 nitrogen and oxygen atoms in total. The molecule has 1 heterocycles. The van der Waals surface area contributed by atoms with Crippen LogP contribution in [0.1, 0.15) is 27.7 Å². The number of hydrogen-bond acceptors (Lipinski definition) is 3. The highest BCUT2D eigenvalue weighted by Crippen LogP contribution is 2.30. The van der Waals surface area contributed by atoms with Gasteiger partial charge in [-0.3, -0.25) is 0 Å². The molecule has 120 valence electrons. The topological polar surface area (TPSA) is 47.1 Å². The fourth-order valence-electron chi connectivity index (χ4n) is 2.48. The second kappa shape index (κ2) is 6.32. The summed E-state index contributed by atoms with van der Waals surface area (Å²) in [7, 11) is 0. The van der Waals surface area contributed by atoms with Crippen LogP contribution in [-0.4, -0.2) is 22.2 Å². The number of nitrogens with zero attached hydrogens (tertiary/aromatic N) is 1. The van der Waals surface area contributed by atoms with Crippen LogP contribution >= 0.6 is 0 Å². The van der Waals surface area contributed by atoms with Crippen molar-refractivity contribution in [2.45, 2.75) is 39.9 Å². The van der Waals surface area contributed by atoms with Gasteiger partial charge < -0.3 is 14.5 Å². The summed E-state index contributed by atoms with van der Waals surface area (Å²) in [5.41, 5.74) is 2.92. The zero-order valence-electron chi connectivity index (χ0n) is 14.0. The first kappa shape index (κ1) is 15.4. The van der Waals surface area contributed by atoms with E-state index in [2.05, 4.69) is 9.97 Å². The largest absolute Gasteiger partial charge is 0.491 e. The van der Waals surface area contributed by atoms with Gasteiger partial charge in [0.05, 0.1) is 23.2 Å². The second-order valence-electron chi connectivity index (χ2n) is 6.13. The Morgan fingerprint density at radius 1 is 0.870 bits per heavy atom. The maximum Gasteiger partial charge on any atom is 0.138 e. The first-order valence-corrected chi connectivity index (χ1v) is 7.95. The van der Waals surface area contributed by atoms with Crippen molar-refractivity contribution in [2.24, 2.45) is 0 Å². The van der Waals surface area contributed by atoms with Gasteiger partial charge in [0.15, 0.2) is 0 Å². The lowest BCUT2D eigenvalue weighted by Gasteiger charge is -2.15. The van der Waals surface area contributed by atoms with Crippen LogP contribution in [0.25, 0.3) is 22.4 Å². The van der Waals surface area contributed by atoms with Crippen molar-refractivity contribution in [3.8, 4) is 22.9 Å². The molecule has 0 bridgehead atoms. The molecule has 0 unspecified atom stereocenters. The Hall–Kier alpha value is -2.49. The minimum absolute atomic E-state index is 0.104. The SMILES string of the molecule is CC(C)Oc1cc(OC(C)C)cc(-c2nc3ccccc3[nH]2)c1. The molecular weight excluding hydrogens is 288 g/mol. The molecule has 0 aliphatic heterocycles. The van der Waals surface area contributed by atoms with E-state index in [1.807, 2.05) is 70.2 Å². The quantitative estimate of drug-likeness (QED) is 0.736. The molecular formula is C19H22N2O2. The summed E-state index contributed by atoms with van der Waals surface area (Å²) in [6.45, 7) is 8.04. The van der Waals surface area contributed by atoms with Crippen LogP contribution < -0.4 is 9.47 Å². The Bertz CT molecular complexity index is 745. The Labute approximate surface area is 136 Å². The average molecular weight is 310 g/mol. The van der Waals surface area contributed by atoms with Crippen LogP contribution in [0.15, 0.2) is 42.5 Å². The van der Waals surface area contributed by atoms with Gasteiger partial charge in [-0.2, -0.15) is 0 Å². The van der Waals surface area contributed by atoms with Crippen molar-refractivity contribution >= 4 is 11.0 Å². The first-order valence-electron chi connectivity index (χ1n) is 7.95. The Balaban J connectivity index is 2.05. The fourth-order valence-corrected chi connectivity index (χ4v) is 2.48. The Morgan fingerprint density at radius 2 is 1.48 bits per heavy atom. The molecule has 0 spiro atoms. The normalized spacial score (nSPS) is 11.4. The molecule has 0 atom stereocenters. The zero-order valence-corrected chi connectivity index (χ0v) is 14.0. The average Bonchev–Trinajstić information content (AvgIpc) is 2.89. The maximum atomic E-state index is 5.85. The molecule has 4 heteroatoms. The van der Waals surface area contributed by atoms with Gasteiger partial charge in [0.1, 0.15) is 17.3 Å². The van der Waals surface area contributed by atoms with Crippen LogP contribution in [0.5, 0.6) is 11.5 Å². The third-order valence-corrected chi connectivity index (χ3v) is 3.29. The molecule has 0 saturated heterocycles. The highest BCUT2D eigenvalue weighted by Gasteiger charge is 2.11. The van der Waals surface area contributed by atoms with Gasteiger partial charge in [0.25, 0.3) is 0 Å². The number of H-pyrrole nitrogens is 1. The molecule has 0 saturated carbocycles. The Kier molecular flexibility index (Phi) is 4.24. The lowest BCUT2D eigenvalue weighted by Crippen LogP contribution is -2.08. The number of aromatic nitrogens is 2. The number of ether oxygens (including phenoxy) is 2. The first-order chi connectivity index (χ1) is 11.0. The lowest BCUT2D eigenvalue weighted by molar-refractivity contribution is 0.229. The van der Waals surface area contributed by atoms with E-state index in [4.69, 9.17) is 9.47 Å². The van der Waals surface area contributed by atoms with E-state index in [0.29, 0.717) is 0 Å². The predicted molar refractivity (Wildman–Crippen MR) is 93.1 cm³/mol. The van der Waals surface area contributed by atoms with Crippen LogP contribution in [-0.2, 0) is 0 Å². The van der Waals surface area contributed by atoms with E-state index in [1.165, 1.54) is 0 Å². The van der Waals surface area contributed by atoms with E-state index < -0.39 is 0 Å². The highest BCUT2D eigenvalue weighted by atomic mass is 16.5. The van der Waals surface area contributed by atoms with E-state index in [0.717, 1.165) is 33.9 Å². The number of fused-ring (bicyclic) bond motifs is 1. The summed E-state index contributed by atoms with van der Waals surface area (Å²) in [5.74, 6) is 2.39. The maximum absolute atomic E-state index is 5.85. The predicted octanol–water partition coefficient (Wildman–Crippen LogP) is 4.80. The molecule has 0 aliphatic rings. The third-order valence-electron chi connectivity index (χ3n) is 3.29. The van der Waals surface area contributed by atoms with Crippen LogP contribution in [0.4, 0.5) is 0 Å². The number of para-hydroxylation sites is 2. The minimum atomic E-state index is 0.104. The van der Waals surface area contributed by atoms with Gasteiger partial charge >= 0.3 is 0 Å². The summed E-state index contributed by atoms with van der Waals surface area (Å²) >= 11 is 0. The van der Waals surface area contributed by atoms with Gasteiger partial charge in [-0.25, -0.2) is 4.98 Å². The number of benzene rings is 2. The van der Waals surface area contributed by atoms with Gasteiger partial charge in [-0.15, -0.1) is 0 Å². The third kappa shape index (κ3) is 3.65.